The summed E-state index contributed by atoms with van der Waals surface area (Å²) in [6, 6.07) is 7.79. The van der Waals surface area contributed by atoms with Gasteiger partial charge < -0.3 is 10.1 Å². The minimum Gasteiger partial charge on any atom is -0.437 e. The summed E-state index contributed by atoms with van der Waals surface area (Å²) in [4.78, 5) is 4.37. The predicted octanol–water partition coefficient (Wildman–Crippen LogP) is 4.25. The predicted molar refractivity (Wildman–Crippen MR) is 82.6 cm³/mol. The number of nitrogens with one attached hydrogen (secondary N) is 1. The molecule has 0 aliphatic carbocycles. The summed E-state index contributed by atoms with van der Waals surface area (Å²) >= 11 is 6.17. The molecule has 1 heterocycles. The number of aryl methyl sites for hydroxylation is 2. The molecule has 0 aliphatic rings. The van der Waals surface area contributed by atoms with Gasteiger partial charge in [-0.05, 0) is 49.7 Å². The van der Waals surface area contributed by atoms with Crippen molar-refractivity contribution >= 4 is 11.6 Å². The average molecular weight is 291 g/mol. The zero-order valence-electron chi connectivity index (χ0n) is 12.0. The number of rotatable bonds is 5. The van der Waals surface area contributed by atoms with Gasteiger partial charge in [-0.15, -0.1) is 0 Å². The third-order valence-electron chi connectivity index (χ3n) is 2.96. The molecule has 2 aromatic rings. The maximum absolute atomic E-state index is 6.17. The van der Waals surface area contributed by atoms with Crippen LogP contribution in [0.5, 0.6) is 11.6 Å². The number of hydrogen-bond acceptors (Lipinski definition) is 3. The van der Waals surface area contributed by atoms with Crippen molar-refractivity contribution < 1.29 is 4.74 Å². The number of aromatic nitrogens is 1. The van der Waals surface area contributed by atoms with E-state index in [1.54, 1.807) is 0 Å². The first-order valence-corrected chi connectivity index (χ1v) is 7.08. The van der Waals surface area contributed by atoms with Gasteiger partial charge in [0, 0.05) is 18.3 Å². The van der Waals surface area contributed by atoms with Crippen LogP contribution in [0.2, 0.25) is 5.02 Å². The molecule has 1 N–H and O–H groups in total. The Kier molecular flexibility index (Phi) is 4.99. The van der Waals surface area contributed by atoms with Crippen LogP contribution in [0, 0.1) is 13.8 Å². The minimum atomic E-state index is 0.594. The quantitative estimate of drug-likeness (QED) is 0.894. The van der Waals surface area contributed by atoms with E-state index in [4.69, 9.17) is 16.3 Å². The van der Waals surface area contributed by atoms with Crippen LogP contribution in [0.1, 0.15) is 23.6 Å². The highest BCUT2D eigenvalue weighted by atomic mass is 35.5. The lowest BCUT2D eigenvalue weighted by atomic mass is 10.2. The molecule has 106 valence electrons. The van der Waals surface area contributed by atoms with Gasteiger partial charge in [-0.25, -0.2) is 4.98 Å². The van der Waals surface area contributed by atoms with E-state index in [0.29, 0.717) is 16.7 Å². The SMILES string of the molecule is CCNCc1cnc(Oc2ccc(C)cc2Cl)c(C)c1. The van der Waals surface area contributed by atoms with Gasteiger partial charge in [-0.3, -0.25) is 0 Å². The number of nitrogens with zero attached hydrogens (tertiary/aromatic N) is 1. The first-order chi connectivity index (χ1) is 9.60. The third-order valence-corrected chi connectivity index (χ3v) is 3.26. The molecule has 1 aromatic heterocycles. The van der Waals surface area contributed by atoms with Crippen LogP contribution in [0.3, 0.4) is 0 Å². The smallest absolute Gasteiger partial charge is 0.222 e. The van der Waals surface area contributed by atoms with Gasteiger partial charge in [-0.1, -0.05) is 24.6 Å². The number of benzene rings is 1. The zero-order chi connectivity index (χ0) is 14.5. The first kappa shape index (κ1) is 14.8. The molecule has 0 bridgehead atoms. The fourth-order valence-electron chi connectivity index (χ4n) is 1.89. The molecule has 0 amide bonds. The molecule has 0 radical (unpaired) electrons. The normalized spacial score (nSPS) is 10.6. The topological polar surface area (TPSA) is 34.2 Å². The molecule has 1 aromatic carbocycles. The molecule has 0 atom stereocenters. The van der Waals surface area contributed by atoms with Crippen LogP contribution >= 0.6 is 11.6 Å². The highest BCUT2D eigenvalue weighted by molar-refractivity contribution is 6.32. The fourth-order valence-corrected chi connectivity index (χ4v) is 2.16. The summed E-state index contributed by atoms with van der Waals surface area (Å²) in [7, 11) is 0. The Bertz CT molecular complexity index is 599. The lowest BCUT2D eigenvalue weighted by Gasteiger charge is -2.11. The highest BCUT2D eigenvalue weighted by Crippen LogP contribution is 2.30. The lowest BCUT2D eigenvalue weighted by molar-refractivity contribution is 0.458. The minimum absolute atomic E-state index is 0.594. The molecular formula is C16H19ClN2O. The summed E-state index contributed by atoms with van der Waals surface area (Å²) < 4.78 is 5.79. The van der Waals surface area contributed by atoms with Crippen LogP contribution < -0.4 is 10.1 Å². The molecule has 0 fully saturated rings. The van der Waals surface area contributed by atoms with Crippen molar-refractivity contribution in [2.75, 3.05) is 6.54 Å². The number of pyridine rings is 1. The van der Waals surface area contributed by atoms with Crippen molar-refractivity contribution in [3.8, 4) is 11.6 Å². The second kappa shape index (κ2) is 6.73. The highest BCUT2D eigenvalue weighted by Gasteiger charge is 2.07. The summed E-state index contributed by atoms with van der Waals surface area (Å²) in [6.45, 7) is 7.82. The van der Waals surface area contributed by atoms with Crippen molar-refractivity contribution in [1.82, 2.24) is 10.3 Å². The number of ether oxygens (including phenoxy) is 1. The molecule has 20 heavy (non-hydrogen) atoms. The van der Waals surface area contributed by atoms with E-state index in [2.05, 4.69) is 23.3 Å². The second-order valence-electron chi connectivity index (χ2n) is 4.78. The Balaban J connectivity index is 2.17. The van der Waals surface area contributed by atoms with Crippen LogP contribution in [-0.4, -0.2) is 11.5 Å². The Labute approximate surface area is 124 Å². The molecule has 0 unspecified atom stereocenters. The molecular weight excluding hydrogens is 272 g/mol. The van der Waals surface area contributed by atoms with Crippen molar-refractivity contribution in [3.05, 3.63) is 52.2 Å². The standard InChI is InChI=1S/C16H19ClN2O/c1-4-18-9-13-8-12(3)16(19-10-13)20-15-6-5-11(2)7-14(15)17/h5-8,10,18H,4,9H2,1-3H3. The van der Waals surface area contributed by atoms with Crippen LogP contribution in [0.4, 0.5) is 0 Å². The Morgan fingerprint density at radius 2 is 2.05 bits per heavy atom. The Morgan fingerprint density at radius 3 is 2.70 bits per heavy atom. The maximum atomic E-state index is 6.17. The summed E-state index contributed by atoms with van der Waals surface area (Å²) in [5.41, 5.74) is 3.25. The molecule has 0 saturated carbocycles. The van der Waals surface area contributed by atoms with Gasteiger partial charge in [0.1, 0.15) is 5.75 Å². The first-order valence-electron chi connectivity index (χ1n) is 6.70. The Morgan fingerprint density at radius 1 is 1.25 bits per heavy atom. The van der Waals surface area contributed by atoms with Gasteiger partial charge in [0.25, 0.3) is 0 Å². The van der Waals surface area contributed by atoms with E-state index >= 15 is 0 Å². The van der Waals surface area contributed by atoms with E-state index in [1.807, 2.05) is 38.2 Å². The summed E-state index contributed by atoms with van der Waals surface area (Å²) in [5, 5.41) is 3.87. The summed E-state index contributed by atoms with van der Waals surface area (Å²) in [6.07, 6.45) is 1.83. The van der Waals surface area contributed by atoms with Crippen molar-refractivity contribution in [1.29, 1.82) is 0 Å². The fraction of sp³-hybridized carbons (Fsp3) is 0.312. The molecule has 3 nitrogen and oxygen atoms in total. The van der Waals surface area contributed by atoms with Gasteiger partial charge in [0.05, 0.1) is 5.02 Å². The van der Waals surface area contributed by atoms with E-state index in [-0.39, 0.29) is 0 Å². The maximum Gasteiger partial charge on any atom is 0.222 e. The van der Waals surface area contributed by atoms with E-state index < -0.39 is 0 Å². The number of halogens is 1. The monoisotopic (exact) mass is 290 g/mol. The van der Waals surface area contributed by atoms with Crippen molar-refractivity contribution in [2.24, 2.45) is 0 Å². The largest absolute Gasteiger partial charge is 0.437 e. The molecule has 4 heteroatoms. The van der Waals surface area contributed by atoms with Crippen molar-refractivity contribution in [2.45, 2.75) is 27.3 Å². The van der Waals surface area contributed by atoms with Crippen LogP contribution in [-0.2, 0) is 6.54 Å². The number of hydrogen-bond donors (Lipinski definition) is 1. The van der Waals surface area contributed by atoms with Gasteiger partial charge in [0.2, 0.25) is 5.88 Å². The average Bonchev–Trinajstić information content (AvgIpc) is 2.42. The Hall–Kier alpha value is -1.58. The third kappa shape index (κ3) is 3.71. The zero-order valence-corrected chi connectivity index (χ0v) is 12.8. The molecule has 0 saturated heterocycles. The van der Waals surface area contributed by atoms with E-state index in [9.17, 15) is 0 Å². The summed E-state index contributed by atoms with van der Waals surface area (Å²) in [5.74, 6) is 1.23. The van der Waals surface area contributed by atoms with E-state index in [1.165, 1.54) is 0 Å². The van der Waals surface area contributed by atoms with Crippen molar-refractivity contribution in [3.63, 3.8) is 0 Å². The molecule has 2 rings (SSSR count). The second-order valence-corrected chi connectivity index (χ2v) is 5.19. The van der Waals surface area contributed by atoms with Crippen LogP contribution in [0.25, 0.3) is 0 Å². The van der Waals surface area contributed by atoms with Gasteiger partial charge in [0.15, 0.2) is 0 Å². The van der Waals surface area contributed by atoms with Gasteiger partial charge >= 0.3 is 0 Å². The van der Waals surface area contributed by atoms with Gasteiger partial charge in [-0.2, -0.15) is 0 Å². The molecule has 0 aliphatic heterocycles. The van der Waals surface area contributed by atoms with Crippen LogP contribution in [0.15, 0.2) is 30.5 Å². The molecule has 0 spiro atoms. The van der Waals surface area contributed by atoms with E-state index in [0.717, 1.165) is 29.8 Å². The lowest BCUT2D eigenvalue weighted by Crippen LogP contribution is -2.12.